The highest BCUT2D eigenvalue weighted by molar-refractivity contribution is 6.32. The van der Waals surface area contributed by atoms with Gasteiger partial charge in [0.05, 0.1) is 12.1 Å². The molecule has 0 spiro atoms. The third kappa shape index (κ3) is 3.80. The van der Waals surface area contributed by atoms with E-state index in [0.717, 1.165) is 28.7 Å². The summed E-state index contributed by atoms with van der Waals surface area (Å²) < 4.78 is 5.13. The number of aryl methyl sites for hydroxylation is 2. The van der Waals surface area contributed by atoms with Gasteiger partial charge in [-0.25, -0.2) is 0 Å². The molecule has 3 nitrogen and oxygen atoms in total. The molecule has 0 atom stereocenters. The van der Waals surface area contributed by atoms with E-state index in [1.165, 1.54) is 0 Å². The number of carbonyl (C=O) groups excluding carboxylic acids is 1. The SMILES string of the molecule is COc1ccc(CCNC(=O)c2c(C)cccc2C)cc1Cl. The van der Waals surface area contributed by atoms with Crippen LogP contribution < -0.4 is 10.1 Å². The molecule has 2 aromatic rings. The summed E-state index contributed by atoms with van der Waals surface area (Å²) in [6.07, 6.45) is 0.723. The standard InChI is InChI=1S/C18H20ClNO2/c1-12-5-4-6-13(2)17(12)18(21)20-10-9-14-7-8-16(22-3)15(19)11-14/h4-8,11H,9-10H2,1-3H3,(H,20,21). The van der Waals surface area contributed by atoms with Gasteiger partial charge in [0.2, 0.25) is 0 Å². The lowest BCUT2D eigenvalue weighted by molar-refractivity contribution is 0.0953. The number of amides is 1. The summed E-state index contributed by atoms with van der Waals surface area (Å²) in [5.74, 6) is 0.625. The molecule has 0 heterocycles. The summed E-state index contributed by atoms with van der Waals surface area (Å²) >= 11 is 6.10. The molecule has 1 N–H and O–H groups in total. The molecular weight excluding hydrogens is 298 g/mol. The molecule has 0 aliphatic carbocycles. The molecule has 0 saturated heterocycles. The molecule has 2 aromatic carbocycles. The number of hydrogen-bond acceptors (Lipinski definition) is 2. The van der Waals surface area contributed by atoms with Gasteiger partial charge in [-0.3, -0.25) is 4.79 Å². The average molecular weight is 318 g/mol. The van der Waals surface area contributed by atoms with Crippen LogP contribution in [0.15, 0.2) is 36.4 Å². The predicted octanol–water partition coefficient (Wildman–Crippen LogP) is 3.94. The topological polar surface area (TPSA) is 38.3 Å². The first-order valence-electron chi connectivity index (χ1n) is 7.19. The van der Waals surface area contributed by atoms with Crippen molar-refractivity contribution in [3.8, 4) is 5.75 Å². The normalized spacial score (nSPS) is 10.4. The summed E-state index contributed by atoms with van der Waals surface area (Å²) in [6, 6.07) is 11.5. The van der Waals surface area contributed by atoms with Gasteiger partial charge in [-0.2, -0.15) is 0 Å². The van der Waals surface area contributed by atoms with Gasteiger partial charge in [0.15, 0.2) is 0 Å². The largest absolute Gasteiger partial charge is 0.495 e. The molecule has 0 aliphatic rings. The fourth-order valence-corrected chi connectivity index (χ4v) is 2.73. The van der Waals surface area contributed by atoms with Crippen LogP contribution in [0.3, 0.4) is 0 Å². The molecule has 0 bridgehead atoms. The Hall–Kier alpha value is -2.00. The van der Waals surface area contributed by atoms with E-state index in [2.05, 4.69) is 5.32 Å². The number of methoxy groups -OCH3 is 1. The van der Waals surface area contributed by atoms with Crippen molar-refractivity contribution in [3.63, 3.8) is 0 Å². The third-order valence-electron chi connectivity index (χ3n) is 3.62. The number of halogens is 1. The molecule has 0 fully saturated rings. The Balaban J connectivity index is 1.96. The van der Waals surface area contributed by atoms with E-state index in [4.69, 9.17) is 16.3 Å². The molecule has 1 amide bonds. The highest BCUT2D eigenvalue weighted by Crippen LogP contribution is 2.25. The molecule has 0 saturated carbocycles. The van der Waals surface area contributed by atoms with Gasteiger partial charge in [-0.05, 0) is 49.1 Å². The minimum absolute atomic E-state index is 0.0322. The number of benzene rings is 2. The number of ether oxygens (including phenoxy) is 1. The van der Waals surface area contributed by atoms with Crippen LogP contribution in [0.25, 0.3) is 0 Å². The van der Waals surface area contributed by atoms with E-state index in [0.29, 0.717) is 17.3 Å². The first kappa shape index (κ1) is 16.4. The van der Waals surface area contributed by atoms with Crippen molar-refractivity contribution in [1.82, 2.24) is 5.32 Å². The van der Waals surface area contributed by atoms with Gasteiger partial charge < -0.3 is 10.1 Å². The zero-order chi connectivity index (χ0) is 16.1. The summed E-state index contributed by atoms with van der Waals surface area (Å²) in [5, 5.41) is 3.55. The monoisotopic (exact) mass is 317 g/mol. The lowest BCUT2D eigenvalue weighted by atomic mass is 10.0. The van der Waals surface area contributed by atoms with Crippen LogP contribution in [0.5, 0.6) is 5.75 Å². The Kier molecular flexibility index (Phi) is 5.45. The summed E-state index contributed by atoms with van der Waals surface area (Å²) in [4.78, 5) is 12.3. The zero-order valence-electron chi connectivity index (χ0n) is 13.1. The van der Waals surface area contributed by atoms with Crippen LogP contribution in [0, 0.1) is 13.8 Å². The summed E-state index contributed by atoms with van der Waals surface area (Å²) in [7, 11) is 1.59. The maximum atomic E-state index is 12.3. The summed E-state index contributed by atoms with van der Waals surface area (Å²) in [5.41, 5.74) is 3.80. The van der Waals surface area contributed by atoms with E-state index >= 15 is 0 Å². The first-order valence-corrected chi connectivity index (χ1v) is 7.57. The van der Waals surface area contributed by atoms with Crippen LogP contribution in [-0.2, 0) is 6.42 Å². The van der Waals surface area contributed by atoms with E-state index in [-0.39, 0.29) is 5.91 Å². The van der Waals surface area contributed by atoms with Gasteiger partial charge in [-0.1, -0.05) is 35.9 Å². The molecule has 116 valence electrons. The van der Waals surface area contributed by atoms with Gasteiger partial charge in [0, 0.05) is 12.1 Å². The van der Waals surface area contributed by atoms with Gasteiger partial charge in [0.25, 0.3) is 5.91 Å². The van der Waals surface area contributed by atoms with Gasteiger partial charge >= 0.3 is 0 Å². The van der Waals surface area contributed by atoms with Gasteiger partial charge in [0.1, 0.15) is 5.75 Å². The highest BCUT2D eigenvalue weighted by atomic mass is 35.5. The highest BCUT2D eigenvalue weighted by Gasteiger charge is 2.11. The van der Waals surface area contributed by atoms with Crippen LogP contribution in [-0.4, -0.2) is 19.6 Å². The Morgan fingerprint density at radius 2 is 1.86 bits per heavy atom. The molecule has 0 unspecified atom stereocenters. The minimum Gasteiger partial charge on any atom is -0.495 e. The fraction of sp³-hybridized carbons (Fsp3) is 0.278. The predicted molar refractivity (Wildman–Crippen MR) is 90.0 cm³/mol. The van der Waals surface area contributed by atoms with Crippen molar-refractivity contribution in [1.29, 1.82) is 0 Å². The number of hydrogen-bond donors (Lipinski definition) is 1. The van der Waals surface area contributed by atoms with Crippen molar-refractivity contribution in [2.75, 3.05) is 13.7 Å². The Morgan fingerprint density at radius 3 is 2.45 bits per heavy atom. The molecule has 0 radical (unpaired) electrons. The summed E-state index contributed by atoms with van der Waals surface area (Å²) in [6.45, 7) is 4.46. The van der Waals surface area contributed by atoms with E-state index in [1.807, 2.05) is 50.2 Å². The van der Waals surface area contributed by atoms with Crippen LogP contribution >= 0.6 is 11.6 Å². The second kappa shape index (κ2) is 7.32. The molecule has 2 rings (SSSR count). The lowest BCUT2D eigenvalue weighted by Crippen LogP contribution is -2.27. The number of nitrogens with one attached hydrogen (secondary N) is 1. The maximum absolute atomic E-state index is 12.3. The quantitative estimate of drug-likeness (QED) is 0.907. The second-order valence-corrected chi connectivity index (χ2v) is 5.65. The van der Waals surface area contributed by atoms with Crippen molar-refractivity contribution in [2.45, 2.75) is 20.3 Å². The smallest absolute Gasteiger partial charge is 0.251 e. The Labute approximate surface area is 136 Å². The van der Waals surface area contributed by atoms with Crippen LogP contribution in [0.2, 0.25) is 5.02 Å². The van der Waals surface area contributed by atoms with Crippen LogP contribution in [0.1, 0.15) is 27.0 Å². The second-order valence-electron chi connectivity index (χ2n) is 5.24. The fourth-order valence-electron chi connectivity index (χ4n) is 2.45. The minimum atomic E-state index is -0.0322. The lowest BCUT2D eigenvalue weighted by Gasteiger charge is -2.11. The van der Waals surface area contributed by atoms with Crippen molar-refractivity contribution in [3.05, 3.63) is 63.7 Å². The maximum Gasteiger partial charge on any atom is 0.251 e. The first-order chi connectivity index (χ1) is 10.5. The van der Waals surface area contributed by atoms with Crippen molar-refractivity contribution >= 4 is 17.5 Å². The molecule has 0 aliphatic heterocycles. The van der Waals surface area contributed by atoms with E-state index in [1.54, 1.807) is 7.11 Å². The molecule has 4 heteroatoms. The number of carbonyl (C=O) groups is 1. The Morgan fingerprint density at radius 1 is 1.18 bits per heavy atom. The van der Waals surface area contributed by atoms with E-state index < -0.39 is 0 Å². The zero-order valence-corrected chi connectivity index (χ0v) is 13.8. The molecule has 22 heavy (non-hydrogen) atoms. The number of rotatable bonds is 5. The Bertz CT molecular complexity index is 663. The molecular formula is C18H20ClNO2. The van der Waals surface area contributed by atoms with Crippen LogP contribution in [0.4, 0.5) is 0 Å². The van der Waals surface area contributed by atoms with Crippen molar-refractivity contribution < 1.29 is 9.53 Å². The van der Waals surface area contributed by atoms with E-state index in [9.17, 15) is 4.79 Å². The third-order valence-corrected chi connectivity index (χ3v) is 3.92. The van der Waals surface area contributed by atoms with Gasteiger partial charge in [-0.15, -0.1) is 0 Å². The van der Waals surface area contributed by atoms with Crippen molar-refractivity contribution in [2.24, 2.45) is 0 Å². The average Bonchev–Trinajstić information content (AvgIpc) is 2.47. The molecule has 0 aromatic heterocycles.